The van der Waals surface area contributed by atoms with Gasteiger partial charge in [0.2, 0.25) is 0 Å². The second-order valence-electron chi connectivity index (χ2n) is 1.42. The molecule has 0 saturated heterocycles. The Kier molecular flexibility index (Phi) is 1.47. The molecule has 0 spiro atoms. The molecule has 0 aliphatic carbocycles. The summed E-state index contributed by atoms with van der Waals surface area (Å²) in [5, 5.41) is 0. The molecule has 0 atom stereocenters. The van der Waals surface area contributed by atoms with Crippen molar-refractivity contribution in [2.75, 3.05) is 6.61 Å². The van der Waals surface area contributed by atoms with Gasteiger partial charge < -0.3 is 4.74 Å². The van der Waals surface area contributed by atoms with Crippen molar-refractivity contribution in [3.63, 3.8) is 0 Å². The molecule has 0 fully saturated rings. The van der Waals surface area contributed by atoms with Crippen LogP contribution in [0.2, 0.25) is 0 Å². The summed E-state index contributed by atoms with van der Waals surface area (Å²) in [4.78, 5) is 10.3. The highest BCUT2D eigenvalue weighted by Gasteiger charge is 1.93. The van der Waals surface area contributed by atoms with Crippen LogP contribution in [-0.2, 0) is 9.53 Å². The summed E-state index contributed by atoms with van der Waals surface area (Å²) in [6, 6.07) is 0. The van der Waals surface area contributed by atoms with Gasteiger partial charge in [-0.15, -0.1) is 0 Å². The number of carbonyl (C=O) groups is 1. The Balaban J connectivity index is 2.58. The van der Waals surface area contributed by atoms with E-state index in [4.69, 9.17) is 0 Å². The smallest absolute Gasteiger partial charge is 0.331 e. The summed E-state index contributed by atoms with van der Waals surface area (Å²) in [6.07, 6.45) is 6.62. The highest BCUT2D eigenvalue weighted by molar-refractivity contribution is 5.82. The molecular formula is C6H6O2. The lowest BCUT2D eigenvalue weighted by molar-refractivity contribution is -0.136. The molecule has 42 valence electrons. The molecule has 0 bridgehead atoms. The highest BCUT2D eigenvalue weighted by Crippen LogP contribution is 1.88. The van der Waals surface area contributed by atoms with Crippen molar-refractivity contribution in [3.05, 3.63) is 24.3 Å². The van der Waals surface area contributed by atoms with Gasteiger partial charge in [0, 0.05) is 6.08 Å². The molecular weight excluding hydrogens is 104 g/mol. The van der Waals surface area contributed by atoms with E-state index in [9.17, 15) is 4.79 Å². The van der Waals surface area contributed by atoms with Gasteiger partial charge in [0.05, 0.1) is 0 Å². The summed E-state index contributed by atoms with van der Waals surface area (Å²) in [5.41, 5.74) is 0. The minimum Gasteiger partial charge on any atom is -0.458 e. The first-order chi connectivity index (χ1) is 3.89. The van der Waals surface area contributed by atoms with E-state index in [0.717, 1.165) is 0 Å². The number of cyclic esters (lactones) is 1. The fourth-order valence-electron chi connectivity index (χ4n) is 0.447. The van der Waals surface area contributed by atoms with E-state index in [1.807, 2.05) is 0 Å². The van der Waals surface area contributed by atoms with E-state index in [-0.39, 0.29) is 5.97 Å². The molecule has 8 heavy (non-hydrogen) atoms. The Hall–Kier alpha value is -1.05. The first-order valence-corrected chi connectivity index (χ1v) is 2.39. The highest BCUT2D eigenvalue weighted by atomic mass is 16.5. The number of rotatable bonds is 0. The molecule has 1 aliphatic heterocycles. The van der Waals surface area contributed by atoms with Crippen molar-refractivity contribution in [2.45, 2.75) is 0 Å². The van der Waals surface area contributed by atoms with Gasteiger partial charge in [-0.1, -0.05) is 12.2 Å². The third kappa shape index (κ3) is 1.22. The van der Waals surface area contributed by atoms with Crippen LogP contribution in [0.1, 0.15) is 0 Å². The van der Waals surface area contributed by atoms with E-state index in [2.05, 4.69) is 4.74 Å². The number of ether oxygens (including phenoxy) is 1. The Morgan fingerprint density at radius 3 is 3.25 bits per heavy atom. The largest absolute Gasteiger partial charge is 0.458 e. The van der Waals surface area contributed by atoms with Crippen LogP contribution in [0.25, 0.3) is 0 Å². The molecule has 0 aromatic carbocycles. The first kappa shape index (κ1) is 5.09. The molecule has 2 nitrogen and oxygen atoms in total. The van der Waals surface area contributed by atoms with Crippen LogP contribution >= 0.6 is 0 Å². The van der Waals surface area contributed by atoms with Gasteiger partial charge in [-0.05, 0) is 6.08 Å². The average Bonchev–Trinajstić information content (AvgIpc) is 1.94. The van der Waals surface area contributed by atoms with Crippen molar-refractivity contribution in [3.8, 4) is 0 Å². The van der Waals surface area contributed by atoms with Crippen LogP contribution < -0.4 is 0 Å². The Labute approximate surface area is 47.5 Å². The maximum absolute atomic E-state index is 10.3. The standard InChI is InChI=1S/C6H6O2/c7-6-4-2-1-3-5-8-6/h1-4H,5H2. The summed E-state index contributed by atoms with van der Waals surface area (Å²) in [7, 11) is 0. The fraction of sp³-hybridized carbons (Fsp3) is 0.167. The maximum atomic E-state index is 10.3. The first-order valence-electron chi connectivity index (χ1n) is 2.39. The van der Waals surface area contributed by atoms with Crippen molar-refractivity contribution in [1.82, 2.24) is 0 Å². The van der Waals surface area contributed by atoms with Gasteiger partial charge in [0.15, 0.2) is 0 Å². The van der Waals surface area contributed by atoms with Gasteiger partial charge in [0.25, 0.3) is 0 Å². The van der Waals surface area contributed by atoms with Crippen molar-refractivity contribution >= 4 is 5.97 Å². The van der Waals surface area contributed by atoms with Gasteiger partial charge in [0.1, 0.15) is 6.61 Å². The molecule has 1 aliphatic rings. The molecule has 0 N–H and O–H groups in total. The van der Waals surface area contributed by atoms with E-state index < -0.39 is 0 Å². The summed E-state index contributed by atoms with van der Waals surface area (Å²) in [5.74, 6) is -0.269. The molecule has 0 aromatic rings. The Bertz CT molecular complexity index is 145. The van der Waals surface area contributed by atoms with Gasteiger partial charge in [-0.2, -0.15) is 0 Å². The third-order valence-electron chi connectivity index (χ3n) is 0.801. The summed E-state index contributed by atoms with van der Waals surface area (Å²) in [6.45, 7) is 0.395. The Morgan fingerprint density at radius 1 is 1.50 bits per heavy atom. The minimum absolute atomic E-state index is 0.269. The zero-order chi connectivity index (χ0) is 5.82. The second kappa shape index (κ2) is 2.31. The topological polar surface area (TPSA) is 26.3 Å². The third-order valence-corrected chi connectivity index (χ3v) is 0.801. The van der Waals surface area contributed by atoms with Crippen LogP contribution in [0.15, 0.2) is 24.3 Å². The lowest BCUT2D eigenvalue weighted by Gasteiger charge is -1.90. The number of hydrogen-bond donors (Lipinski definition) is 0. The lowest BCUT2D eigenvalue weighted by Crippen LogP contribution is -1.97. The lowest BCUT2D eigenvalue weighted by atomic mass is 10.5. The second-order valence-corrected chi connectivity index (χ2v) is 1.42. The van der Waals surface area contributed by atoms with Crippen molar-refractivity contribution in [1.29, 1.82) is 0 Å². The number of hydrogen-bond acceptors (Lipinski definition) is 2. The molecule has 0 aromatic heterocycles. The monoisotopic (exact) mass is 110 g/mol. The van der Waals surface area contributed by atoms with Crippen LogP contribution in [-0.4, -0.2) is 12.6 Å². The zero-order valence-corrected chi connectivity index (χ0v) is 4.33. The predicted molar refractivity (Wildman–Crippen MR) is 29.2 cm³/mol. The normalized spacial score (nSPS) is 17.8. The SMILES string of the molecule is O=C1C=CC=CCO1. The number of allylic oxidation sites excluding steroid dienone is 2. The zero-order valence-electron chi connectivity index (χ0n) is 4.33. The van der Waals surface area contributed by atoms with Crippen LogP contribution in [0.3, 0.4) is 0 Å². The van der Waals surface area contributed by atoms with Gasteiger partial charge in [-0.25, -0.2) is 4.79 Å². The molecule has 0 unspecified atom stereocenters. The van der Waals surface area contributed by atoms with E-state index in [1.54, 1.807) is 18.2 Å². The quantitative estimate of drug-likeness (QED) is 0.428. The minimum atomic E-state index is -0.269. The molecule has 2 heteroatoms. The summed E-state index contributed by atoms with van der Waals surface area (Å²) >= 11 is 0. The molecule has 0 amide bonds. The number of carbonyl (C=O) groups excluding carboxylic acids is 1. The van der Waals surface area contributed by atoms with Crippen molar-refractivity contribution < 1.29 is 9.53 Å². The predicted octanol–water partition coefficient (Wildman–Crippen LogP) is 0.656. The van der Waals surface area contributed by atoms with E-state index in [0.29, 0.717) is 6.61 Å². The van der Waals surface area contributed by atoms with Gasteiger partial charge in [-0.3, -0.25) is 0 Å². The number of esters is 1. The fourth-order valence-corrected chi connectivity index (χ4v) is 0.447. The van der Waals surface area contributed by atoms with Crippen LogP contribution in [0.4, 0.5) is 0 Å². The van der Waals surface area contributed by atoms with Crippen LogP contribution in [0.5, 0.6) is 0 Å². The van der Waals surface area contributed by atoms with Crippen molar-refractivity contribution in [2.24, 2.45) is 0 Å². The average molecular weight is 110 g/mol. The van der Waals surface area contributed by atoms with Gasteiger partial charge >= 0.3 is 5.97 Å². The van der Waals surface area contributed by atoms with Crippen LogP contribution in [0, 0.1) is 0 Å². The maximum Gasteiger partial charge on any atom is 0.331 e. The summed E-state index contributed by atoms with van der Waals surface area (Å²) < 4.78 is 4.59. The molecule has 1 rings (SSSR count). The molecule has 1 heterocycles. The molecule has 0 saturated carbocycles. The van der Waals surface area contributed by atoms with E-state index >= 15 is 0 Å². The van der Waals surface area contributed by atoms with E-state index in [1.165, 1.54) is 6.08 Å². The molecule has 0 radical (unpaired) electrons. The Morgan fingerprint density at radius 2 is 2.38 bits per heavy atom.